The number of nitrogens with zero attached hydrogens (tertiary/aromatic N) is 1. The maximum Gasteiger partial charge on any atom is 0.285 e. The third-order valence-electron chi connectivity index (χ3n) is 4.84. The summed E-state index contributed by atoms with van der Waals surface area (Å²) in [4.78, 5) is 4.22. The van der Waals surface area contributed by atoms with Crippen LogP contribution in [-0.2, 0) is 4.74 Å². The summed E-state index contributed by atoms with van der Waals surface area (Å²) in [5.41, 5.74) is 1.42. The van der Waals surface area contributed by atoms with Gasteiger partial charge in [-0.25, -0.2) is 9.38 Å². The lowest BCUT2D eigenvalue weighted by atomic mass is 9.86. The molecule has 4 heteroatoms. The molecule has 0 aliphatic heterocycles. The molecule has 0 heterocycles. The van der Waals surface area contributed by atoms with Crippen LogP contribution in [0.25, 0.3) is 0 Å². The fourth-order valence-corrected chi connectivity index (χ4v) is 2.93. The number of rotatable bonds is 5. The van der Waals surface area contributed by atoms with Crippen LogP contribution in [0, 0.1) is 0 Å². The van der Waals surface area contributed by atoms with E-state index in [0.717, 1.165) is 12.8 Å². The molecule has 0 radical (unpaired) electrons. The van der Waals surface area contributed by atoms with E-state index in [0.29, 0.717) is 11.6 Å². The molecular weight excluding hydrogens is 315 g/mol. The normalized spacial score (nSPS) is 18.1. The molecule has 1 aliphatic rings. The van der Waals surface area contributed by atoms with Gasteiger partial charge in [0.25, 0.3) is 6.02 Å². The van der Waals surface area contributed by atoms with Crippen molar-refractivity contribution in [2.24, 2.45) is 4.99 Å². The molecule has 2 atom stereocenters. The van der Waals surface area contributed by atoms with Gasteiger partial charge in [-0.3, -0.25) is 0 Å². The van der Waals surface area contributed by atoms with Crippen LogP contribution >= 0.6 is 0 Å². The van der Waals surface area contributed by atoms with Crippen molar-refractivity contribution in [3.63, 3.8) is 0 Å². The van der Waals surface area contributed by atoms with E-state index in [9.17, 15) is 4.39 Å². The summed E-state index contributed by atoms with van der Waals surface area (Å²) in [6, 6.07) is 10.5. The van der Waals surface area contributed by atoms with Crippen molar-refractivity contribution in [1.82, 2.24) is 5.32 Å². The van der Waals surface area contributed by atoms with Gasteiger partial charge in [-0.1, -0.05) is 43.3 Å². The van der Waals surface area contributed by atoms with Gasteiger partial charge in [0.1, 0.15) is 11.4 Å². The molecule has 0 amide bonds. The highest BCUT2D eigenvalue weighted by atomic mass is 19.1. The Hall–Kier alpha value is -2.10. The highest BCUT2D eigenvalue weighted by Gasteiger charge is 2.31. The van der Waals surface area contributed by atoms with Gasteiger partial charge in [0, 0.05) is 18.5 Å². The Labute approximate surface area is 150 Å². The van der Waals surface area contributed by atoms with Gasteiger partial charge in [-0.15, -0.1) is 0 Å². The third-order valence-corrected chi connectivity index (χ3v) is 4.84. The highest BCUT2D eigenvalue weighted by Crippen LogP contribution is 2.31. The summed E-state index contributed by atoms with van der Waals surface area (Å²) in [6.07, 6.45) is 5.20. The van der Waals surface area contributed by atoms with Crippen molar-refractivity contribution < 1.29 is 9.13 Å². The quantitative estimate of drug-likeness (QED) is 0.594. The van der Waals surface area contributed by atoms with Gasteiger partial charge in [-0.05, 0) is 45.3 Å². The van der Waals surface area contributed by atoms with Crippen molar-refractivity contribution >= 4 is 6.02 Å². The monoisotopic (exact) mass is 344 g/mol. The van der Waals surface area contributed by atoms with E-state index in [1.54, 1.807) is 13.1 Å². The first-order valence-corrected chi connectivity index (χ1v) is 8.88. The average Bonchev–Trinajstić information content (AvgIpc) is 2.61. The summed E-state index contributed by atoms with van der Waals surface area (Å²) in [5.74, 6) is 0.0201. The second-order valence-corrected chi connectivity index (χ2v) is 7.02. The number of hydrogen-bond acceptors (Lipinski definition) is 2. The van der Waals surface area contributed by atoms with Crippen LogP contribution in [0.2, 0.25) is 0 Å². The minimum atomic E-state index is -0.460. The Morgan fingerprint density at radius 3 is 2.40 bits per heavy atom. The lowest BCUT2D eigenvalue weighted by molar-refractivity contribution is 0.0634. The molecule has 3 nitrogen and oxygen atoms in total. The predicted molar refractivity (Wildman–Crippen MR) is 102 cm³/mol. The van der Waals surface area contributed by atoms with E-state index in [-0.39, 0.29) is 17.8 Å². The summed E-state index contributed by atoms with van der Waals surface area (Å²) < 4.78 is 20.2. The minimum absolute atomic E-state index is 0.154. The SMILES string of the molecule is CN=C(N[C@@H](C)C1=CCCC=C1F)OC(C)(C)C(C)c1ccccc1. The fourth-order valence-electron chi connectivity index (χ4n) is 2.93. The van der Waals surface area contributed by atoms with E-state index in [2.05, 4.69) is 29.4 Å². The zero-order valence-corrected chi connectivity index (χ0v) is 15.8. The molecular formula is C21H29FN2O. The summed E-state index contributed by atoms with van der Waals surface area (Å²) in [7, 11) is 1.68. The number of amidine groups is 1. The van der Waals surface area contributed by atoms with Gasteiger partial charge in [0.15, 0.2) is 0 Å². The van der Waals surface area contributed by atoms with Crippen LogP contribution in [0.1, 0.15) is 52.0 Å². The Morgan fingerprint density at radius 1 is 1.16 bits per heavy atom. The highest BCUT2D eigenvalue weighted by molar-refractivity contribution is 5.75. The van der Waals surface area contributed by atoms with Crippen molar-refractivity contribution in [3.8, 4) is 0 Å². The average molecular weight is 344 g/mol. The number of aliphatic imine (C=N–C) groups is 1. The first-order valence-electron chi connectivity index (χ1n) is 8.88. The zero-order valence-electron chi connectivity index (χ0n) is 15.8. The van der Waals surface area contributed by atoms with Crippen LogP contribution in [0.4, 0.5) is 4.39 Å². The van der Waals surface area contributed by atoms with E-state index >= 15 is 0 Å². The molecule has 25 heavy (non-hydrogen) atoms. The summed E-state index contributed by atoms with van der Waals surface area (Å²) in [5, 5.41) is 3.21. The predicted octanol–water partition coefficient (Wildman–Crippen LogP) is 5.12. The van der Waals surface area contributed by atoms with Gasteiger partial charge in [0.05, 0.1) is 6.04 Å². The zero-order chi connectivity index (χ0) is 18.4. The van der Waals surface area contributed by atoms with Crippen LogP contribution < -0.4 is 5.32 Å². The third kappa shape index (κ3) is 4.94. The lowest BCUT2D eigenvalue weighted by Crippen LogP contribution is -2.43. The maximum atomic E-state index is 14.0. The van der Waals surface area contributed by atoms with Crippen molar-refractivity contribution in [1.29, 1.82) is 0 Å². The molecule has 1 aliphatic carbocycles. The number of halogens is 1. The number of hydrogen-bond donors (Lipinski definition) is 1. The molecule has 1 aromatic rings. The number of benzene rings is 1. The molecule has 1 N–H and O–H groups in total. The standard InChI is InChI=1S/C21H29FN2O/c1-15(17-11-7-6-8-12-17)21(3,4)25-20(23-5)24-16(2)18-13-9-10-14-19(18)22/h6-8,11-16H,9-10H2,1-5H3,(H,23,24)/t15?,16-/m0/s1. The molecule has 0 fully saturated rings. The van der Waals surface area contributed by atoms with E-state index in [1.165, 1.54) is 5.56 Å². The minimum Gasteiger partial charge on any atom is -0.459 e. The fraction of sp³-hybridized carbons (Fsp3) is 0.476. The van der Waals surface area contributed by atoms with E-state index < -0.39 is 5.60 Å². The molecule has 0 aromatic heterocycles. The Kier molecular flexibility index (Phi) is 6.40. The van der Waals surface area contributed by atoms with Crippen LogP contribution in [0.5, 0.6) is 0 Å². The Balaban J connectivity index is 2.06. The summed E-state index contributed by atoms with van der Waals surface area (Å²) in [6.45, 7) is 8.15. The largest absolute Gasteiger partial charge is 0.459 e. The van der Waals surface area contributed by atoms with Crippen molar-refractivity contribution in [2.75, 3.05) is 7.05 Å². The molecule has 0 saturated carbocycles. The Morgan fingerprint density at radius 2 is 1.80 bits per heavy atom. The van der Waals surface area contributed by atoms with Gasteiger partial charge < -0.3 is 10.1 Å². The van der Waals surface area contributed by atoms with Gasteiger partial charge >= 0.3 is 0 Å². The van der Waals surface area contributed by atoms with Crippen molar-refractivity contribution in [2.45, 2.75) is 58.1 Å². The second-order valence-electron chi connectivity index (χ2n) is 7.02. The number of ether oxygens (including phenoxy) is 1. The van der Waals surface area contributed by atoms with Gasteiger partial charge in [0.2, 0.25) is 0 Å². The number of allylic oxidation sites excluding steroid dienone is 2. The van der Waals surface area contributed by atoms with Crippen LogP contribution in [-0.4, -0.2) is 24.7 Å². The molecule has 136 valence electrons. The molecule has 1 unspecified atom stereocenters. The first-order chi connectivity index (χ1) is 11.8. The van der Waals surface area contributed by atoms with Crippen LogP contribution in [0.3, 0.4) is 0 Å². The smallest absolute Gasteiger partial charge is 0.285 e. The lowest BCUT2D eigenvalue weighted by Gasteiger charge is -2.34. The molecule has 1 aromatic carbocycles. The van der Waals surface area contributed by atoms with E-state index in [4.69, 9.17) is 4.74 Å². The van der Waals surface area contributed by atoms with E-state index in [1.807, 2.05) is 45.0 Å². The van der Waals surface area contributed by atoms with Gasteiger partial charge in [-0.2, -0.15) is 0 Å². The second kappa shape index (κ2) is 8.32. The molecule has 0 spiro atoms. The molecule has 0 bridgehead atoms. The number of nitrogens with one attached hydrogen (secondary N) is 1. The van der Waals surface area contributed by atoms with Crippen molar-refractivity contribution in [3.05, 3.63) is 59.4 Å². The molecule has 2 rings (SSSR count). The Bertz CT molecular complexity index is 662. The maximum absolute atomic E-state index is 14.0. The first kappa shape index (κ1) is 19.2. The summed E-state index contributed by atoms with van der Waals surface area (Å²) >= 11 is 0. The topological polar surface area (TPSA) is 33.6 Å². The van der Waals surface area contributed by atoms with Crippen LogP contribution in [0.15, 0.2) is 58.9 Å². The molecule has 0 saturated heterocycles.